The summed E-state index contributed by atoms with van der Waals surface area (Å²) in [5.41, 5.74) is 4.13. The maximum atomic E-state index is 12.9. The molecule has 0 saturated carbocycles. The van der Waals surface area contributed by atoms with Gasteiger partial charge in [0.25, 0.3) is 11.1 Å². The molecule has 3 amide bonds. The molecule has 1 aliphatic rings. The van der Waals surface area contributed by atoms with Crippen molar-refractivity contribution in [2.75, 3.05) is 33.2 Å². The molecule has 1 aliphatic heterocycles. The predicted octanol–water partition coefficient (Wildman–Crippen LogP) is 4.31. The molecule has 1 fully saturated rings. The Bertz CT molecular complexity index is 1130. The first-order chi connectivity index (χ1) is 15.7. The summed E-state index contributed by atoms with van der Waals surface area (Å²) in [5, 5.41) is 2.30. The second-order valence-corrected chi connectivity index (χ2v) is 8.53. The summed E-state index contributed by atoms with van der Waals surface area (Å²) in [6.07, 6.45) is 1.54. The molecule has 174 valence electrons. The number of hydrogen-bond acceptors (Lipinski definition) is 7. The van der Waals surface area contributed by atoms with E-state index < -0.39 is 17.1 Å². The number of nitrogens with zero attached hydrogens (tertiary/aromatic N) is 1. The van der Waals surface area contributed by atoms with Crippen molar-refractivity contribution in [1.82, 2.24) is 4.90 Å². The summed E-state index contributed by atoms with van der Waals surface area (Å²) in [5.74, 6) is 0.374. The topological polar surface area (TPSA) is 94.2 Å². The fourth-order valence-electron chi connectivity index (χ4n) is 3.64. The van der Waals surface area contributed by atoms with Gasteiger partial charge >= 0.3 is 0 Å². The summed E-state index contributed by atoms with van der Waals surface area (Å²) < 4.78 is 16.0. The van der Waals surface area contributed by atoms with Gasteiger partial charge in [0.05, 0.1) is 26.2 Å². The molecule has 3 rings (SSSR count). The van der Waals surface area contributed by atoms with Crippen LogP contribution in [0.2, 0.25) is 0 Å². The lowest BCUT2D eigenvalue weighted by atomic mass is 10.1. The van der Waals surface area contributed by atoms with Gasteiger partial charge in [0.1, 0.15) is 12.3 Å². The van der Waals surface area contributed by atoms with Crippen molar-refractivity contribution in [2.45, 2.75) is 20.8 Å². The molecule has 1 saturated heterocycles. The van der Waals surface area contributed by atoms with E-state index in [9.17, 15) is 14.4 Å². The molecule has 2 aromatic carbocycles. The molecule has 8 nitrogen and oxygen atoms in total. The Kier molecular flexibility index (Phi) is 7.33. The Labute approximate surface area is 196 Å². The molecule has 9 heteroatoms. The fourth-order valence-corrected chi connectivity index (χ4v) is 4.47. The monoisotopic (exact) mass is 470 g/mol. The van der Waals surface area contributed by atoms with Gasteiger partial charge in [0.15, 0.2) is 11.5 Å². The van der Waals surface area contributed by atoms with Crippen LogP contribution in [0.4, 0.5) is 10.5 Å². The first-order valence-corrected chi connectivity index (χ1v) is 10.9. The maximum absolute atomic E-state index is 12.9. The largest absolute Gasteiger partial charge is 0.496 e. The second-order valence-electron chi connectivity index (χ2n) is 7.54. The quantitative estimate of drug-likeness (QED) is 0.603. The van der Waals surface area contributed by atoms with E-state index in [1.54, 1.807) is 12.1 Å². The summed E-state index contributed by atoms with van der Waals surface area (Å²) in [6, 6.07) is 7.21. The molecule has 33 heavy (non-hydrogen) atoms. The van der Waals surface area contributed by atoms with Crippen LogP contribution in [0.1, 0.15) is 22.3 Å². The van der Waals surface area contributed by atoms with Gasteiger partial charge < -0.3 is 19.5 Å². The predicted molar refractivity (Wildman–Crippen MR) is 128 cm³/mol. The van der Waals surface area contributed by atoms with Crippen molar-refractivity contribution < 1.29 is 28.6 Å². The van der Waals surface area contributed by atoms with Crippen LogP contribution in [0.3, 0.4) is 0 Å². The number of thioether (sulfide) groups is 1. The fraction of sp³-hybridized carbons (Fsp3) is 0.292. The third kappa shape index (κ3) is 5.14. The van der Waals surface area contributed by atoms with Crippen molar-refractivity contribution >= 4 is 40.6 Å². The Hall–Kier alpha value is -3.46. The van der Waals surface area contributed by atoms with E-state index in [-0.39, 0.29) is 11.4 Å². The van der Waals surface area contributed by atoms with Crippen molar-refractivity contribution in [3.05, 3.63) is 51.4 Å². The lowest BCUT2D eigenvalue weighted by Crippen LogP contribution is -2.36. The first-order valence-electron chi connectivity index (χ1n) is 10.1. The van der Waals surface area contributed by atoms with Crippen LogP contribution in [-0.2, 0) is 9.59 Å². The zero-order valence-corrected chi connectivity index (χ0v) is 20.2. The maximum Gasteiger partial charge on any atom is 0.294 e. The van der Waals surface area contributed by atoms with Gasteiger partial charge in [-0.05, 0) is 55.8 Å². The van der Waals surface area contributed by atoms with Gasteiger partial charge in [-0.25, -0.2) is 0 Å². The van der Waals surface area contributed by atoms with Crippen LogP contribution in [0.25, 0.3) is 6.08 Å². The number of methoxy groups -OCH3 is 3. The van der Waals surface area contributed by atoms with Crippen LogP contribution >= 0.6 is 11.8 Å². The van der Waals surface area contributed by atoms with Crippen LogP contribution in [0.5, 0.6) is 17.2 Å². The van der Waals surface area contributed by atoms with Gasteiger partial charge in [-0.15, -0.1) is 0 Å². The number of rotatable bonds is 7. The zero-order valence-electron chi connectivity index (χ0n) is 19.4. The van der Waals surface area contributed by atoms with Crippen molar-refractivity contribution in [3.63, 3.8) is 0 Å². The SMILES string of the molecule is COc1cc(OC)c(OC)cc1/C=C1/SC(=O)N(CC(=O)Nc2c(C)cc(C)cc2C)C1=O. The third-order valence-electron chi connectivity index (χ3n) is 5.14. The number of hydrogen-bond donors (Lipinski definition) is 1. The average molecular weight is 471 g/mol. The molecule has 1 N–H and O–H groups in total. The van der Waals surface area contributed by atoms with Crippen LogP contribution in [0, 0.1) is 20.8 Å². The number of nitrogens with one attached hydrogen (secondary N) is 1. The summed E-state index contributed by atoms with van der Waals surface area (Å²) in [7, 11) is 4.49. The summed E-state index contributed by atoms with van der Waals surface area (Å²) in [4.78, 5) is 39.1. The van der Waals surface area contributed by atoms with Gasteiger partial charge in [0.2, 0.25) is 5.91 Å². The highest BCUT2D eigenvalue weighted by Gasteiger charge is 2.36. The third-order valence-corrected chi connectivity index (χ3v) is 6.05. The molecule has 0 atom stereocenters. The van der Waals surface area contributed by atoms with Crippen molar-refractivity contribution in [1.29, 1.82) is 0 Å². The highest BCUT2D eigenvalue weighted by Crippen LogP contribution is 2.38. The molecule has 0 aliphatic carbocycles. The molecule has 0 bridgehead atoms. The molecule has 2 aromatic rings. The van der Waals surface area contributed by atoms with E-state index in [4.69, 9.17) is 14.2 Å². The zero-order chi connectivity index (χ0) is 24.3. The second kappa shape index (κ2) is 9.99. The van der Waals surface area contributed by atoms with Crippen LogP contribution in [0.15, 0.2) is 29.2 Å². The van der Waals surface area contributed by atoms with Gasteiger partial charge in [-0.1, -0.05) is 17.7 Å². The molecule has 1 heterocycles. The lowest BCUT2D eigenvalue weighted by molar-refractivity contribution is -0.127. The molecule has 0 aromatic heterocycles. The first kappa shape index (κ1) is 24.2. The minimum atomic E-state index is -0.547. The van der Waals surface area contributed by atoms with E-state index in [1.165, 1.54) is 27.4 Å². The standard InChI is InChI=1S/C24H26N2O6S/c1-13-7-14(2)22(15(3)8-13)25-21(27)12-26-23(28)20(33-24(26)29)10-16-9-18(31-5)19(32-6)11-17(16)30-4/h7-11H,12H2,1-6H3,(H,25,27)/b20-10+. The van der Waals surface area contributed by atoms with E-state index in [0.29, 0.717) is 28.5 Å². The number of anilines is 1. The molecular formula is C24H26N2O6S. The molecular weight excluding hydrogens is 444 g/mol. The minimum absolute atomic E-state index is 0.181. The van der Waals surface area contributed by atoms with E-state index in [1.807, 2.05) is 32.9 Å². The highest BCUT2D eigenvalue weighted by molar-refractivity contribution is 8.18. The van der Waals surface area contributed by atoms with Gasteiger partial charge in [0, 0.05) is 17.3 Å². The van der Waals surface area contributed by atoms with Gasteiger partial charge in [-0.3, -0.25) is 19.3 Å². The van der Waals surface area contributed by atoms with Crippen LogP contribution in [-0.4, -0.2) is 49.8 Å². The smallest absolute Gasteiger partial charge is 0.294 e. The van der Waals surface area contributed by atoms with E-state index >= 15 is 0 Å². The number of carbonyl (C=O) groups is 3. The minimum Gasteiger partial charge on any atom is -0.496 e. The Morgan fingerprint density at radius 1 is 0.939 bits per heavy atom. The normalized spacial score (nSPS) is 14.6. The summed E-state index contributed by atoms with van der Waals surface area (Å²) >= 11 is 0.767. The number of amides is 3. The number of benzene rings is 2. The number of carbonyl (C=O) groups excluding carboxylic acids is 3. The van der Waals surface area contributed by atoms with Crippen molar-refractivity contribution in [2.24, 2.45) is 0 Å². The van der Waals surface area contributed by atoms with E-state index in [0.717, 1.165) is 33.4 Å². The Morgan fingerprint density at radius 2 is 1.52 bits per heavy atom. The lowest BCUT2D eigenvalue weighted by Gasteiger charge is -2.16. The van der Waals surface area contributed by atoms with E-state index in [2.05, 4.69) is 5.32 Å². The summed E-state index contributed by atoms with van der Waals surface area (Å²) in [6.45, 7) is 5.40. The molecule has 0 spiro atoms. The van der Waals surface area contributed by atoms with Gasteiger partial charge in [-0.2, -0.15) is 0 Å². The average Bonchev–Trinajstić information content (AvgIpc) is 3.03. The Balaban J connectivity index is 1.81. The number of ether oxygens (including phenoxy) is 3. The Morgan fingerprint density at radius 3 is 2.09 bits per heavy atom. The molecule has 0 radical (unpaired) electrons. The van der Waals surface area contributed by atoms with Crippen molar-refractivity contribution in [3.8, 4) is 17.2 Å². The molecule has 0 unspecified atom stereocenters. The number of aryl methyl sites for hydroxylation is 3. The van der Waals surface area contributed by atoms with Crippen LogP contribution < -0.4 is 19.5 Å². The highest BCUT2D eigenvalue weighted by atomic mass is 32.2. The number of imide groups is 1.